The van der Waals surface area contributed by atoms with E-state index < -0.39 is 0 Å². The second-order valence-corrected chi connectivity index (χ2v) is 7.93. The Kier molecular flexibility index (Phi) is 4.98. The number of nitrogens with one attached hydrogen (secondary N) is 1. The minimum atomic E-state index is 0.277. The molecule has 1 saturated carbocycles. The first kappa shape index (κ1) is 16.9. The van der Waals surface area contributed by atoms with E-state index in [-0.39, 0.29) is 5.92 Å². The largest absolute Gasteiger partial charge is 0.497 e. The highest BCUT2D eigenvalue weighted by molar-refractivity contribution is 5.80. The van der Waals surface area contributed by atoms with Gasteiger partial charge in [-0.15, -0.1) is 0 Å². The maximum absolute atomic E-state index is 13.2. The van der Waals surface area contributed by atoms with E-state index in [1.54, 1.807) is 7.11 Å². The lowest BCUT2D eigenvalue weighted by atomic mass is 9.82. The molecule has 2 saturated heterocycles. The van der Waals surface area contributed by atoms with Crippen LogP contribution in [0.3, 0.4) is 0 Å². The van der Waals surface area contributed by atoms with Crippen molar-refractivity contribution in [2.45, 2.75) is 50.5 Å². The van der Waals surface area contributed by atoms with Gasteiger partial charge in [0.1, 0.15) is 5.75 Å². The molecule has 0 aromatic heterocycles. The van der Waals surface area contributed by atoms with Crippen LogP contribution in [0.2, 0.25) is 0 Å². The van der Waals surface area contributed by atoms with Crippen molar-refractivity contribution < 1.29 is 9.53 Å². The Balaban J connectivity index is 1.55. The Bertz CT molecular complexity index is 594. The fraction of sp³-hybridized carbons (Fsp3) is 0.667. The molecular weight excluding hydrogens is 312 g/mol. The molecule has 1 aliphatic carbocycles. The van der Waals surface area contributed by atoms with Crippen molar-refractivity contribution in [3.05, 3.63) is 29.8 Å². The second kappa shape index (κ2) is 7.36. The smallest absolute Gasteiger partial charge is 0.225 e. The molecule has 4 rings (SSSR count). The molecule has 3 atom stereocenters. The van der Waals surface area contributed by atoms with Gasteiger partial charge in [-0.05, 0) is 43.5 Å². The van der Waals surface area contributed by atoms with Gasteiger partial charge in [0.25, 0.3) is 0 Å². The van der Waals surface area contributed by atoms with E-state index in [0.29, 0.717) is 23.8 Å². The quantitative estimate of drug-likeness (QED) is 0.917. The molecule has 1 N–H and O–H groups in total. The van der Waals surface area contributed by atoms with Crippen LogP contribution in [0.4, 0.5) is 0 Å². The third kappa shape index (κ3) is 3.29. The first-order valence-corrected chi connectivity index (χ1v) is 9.93. The van der Waals surface area contributed by atoms with Gasteiger partial charge in [0, 0.05) is 36.9 Å². The average Bonchev–Trinajstić information content (AvgIpc) is 3.08. The predicted octanol–water partition coefficient (Wildman–Crippen LogP) is 3.18. The summed E-state index contributed by atoms with van der Waals surface area (Å²) in [4.78, 5) is 15.5. The highest BCUT2D eigenvalue weighted by atomic mass is 16.5. The summed E-state index contributed by atoms with van der Waals surface area (Å²) in [6, 6.07) is 8.88. The molecule has 3 fully saturated rings. The topological polar surface area (TPSA) is 41.6 Å². The monoisotopic (exact) mass is 342 g/mol. The van der Waals surface area contributed by atoms with E-state index in [1.807, 2.05) is 12.1 Å². The van der Waals surface area contributed by atoms with Crippen molar-refractivity contribution in [1.82, 2.24) is 10.2 Å². The summed E-state index contributed by atoms with van der Waals surface area (Å²) in [5.41, 5.74) is 1.35. The summed E-state index contributed by atoms with van der Waals surface area (Å²) >= 11 is 0. The number of carbonyl (C=O) groups is 1. The van der Waals surface area contributed by atoms with Crippen LogP contribution in [0.5, 0.6) is 5.75 Å². The number of amides is 1. The molecule has 4 nitrogen and oxygen atoms in total. The molecule has 2 heterocycles. The Morgan fingerprint density at radius 1 is 1.12 bits per heavy atom. The zero-order valence-corrected chi connectivity index (χ0v) is 15.2. The molecular formula is C21H30N2O2. The number of nitrogens with zero attached hydrogens (tertiary/aromatic N) is 1. The third-order valence-electron chi connectivity index (χ3n) is 6.58. The zero-order valence-electron chi connectivity index (χ0n) is 15.2. The van der Waals surface area contributed by atoms with Gasteiger partial charge in [-0.1, -0.05) is 31.4 Å². The summed E-state index contributed by atoms with van der Waals surface area (Å²) in [5, 5.41) is 3.55. The van der Waals surface area contributed by atoms with E-state index >= 15 is 0 Å². The Labute approximate surface area is 150 Å². The fourth-order valence-corrected chi connectivity index (χ4v) is 5.19. The standard InChI is InChI=1S/C21H30N2O2/c1-25-17-9-7-15(8-10-17)19-14-23(20-11-12-22-13-18(19)20)21(24)16-5-3-2-4-6-16/h7-10,16,18-20,22H,2-6,11-14H2,1H3/t18-,19-,20-/m1/s1. The van der Waals surface area contributed by atoms with Crippen LogP contribution in [0.15, 0.2) is 24.3 Å². The number of hydrogen-bond donors (Lipinski definition) is 1. The van der Waals surface area contributed by atoms with Crippen LogP contribution in [-0.2, 0) is 4.79 Å². The maximum atomic E-state index is 13.2. The fourth-order valence-electron chi connectivity index (χ4n) is 5.19. The third-order valence-corrected chi connectivity index (χ3v) is 6.58. The molecule has 25 heavy (non-hydrogen) atoms. The van der Waals surface area contributed by atoms with Crippen molar-refractivity contribution in [1.29, 1.82) is 0 Å². The van der Waals surface area contributed by atoms with Crippen molar-refractivity contribution in [2.24, 2.45) is 11.8 Å². The Morgan fingerprint density at radius 3 is 2.60 bits per heavy atom. The van der Waals surface area contributed by atoms with Crippen LogP contribution in [-0.4, -0.2) is 43.6 Å². The lowest BCUT2D eigenvalue weighted by Gasteiger charge is -2.35. The van der Waals surface area contributed by atoms with E-state index in [2.05, 4.69) is 22.3 Å². The first-order chi connectivity index (χ1) is 12.3. The number of benzene rings is 1. The lowest BCUT2D eigenvalue weighted by molar-refractivity contribution is -0.138. The summed E-state index contributed by atoms with van der Waals surface area (Å²) in [5.74, 6) is 2.59. The number of hydrogen-bond acceptors (Lipinski definition) is 3. The van der Waals surface area contributed by atoms with Crippen molar-refractivity contribution >= 4 is 5.91 Å². The van der Waals surface area contributed by atoms with Crippen LogP contribution in [0.1, 0.15) is 50.0 Å². The number of fused-ring (bicyclic) bond motifs is 1. The molecule has 0 bridgehead atoms. The van der Waals surface area contributed by atoms with E-state index in [9.17, 15) is 4.79 Å². The molecule has 3 aliphatic rings. The number of likely N-dealkylation sites (tertiary alicyclic amines) is 1. The zero-order chi connectivity index (χ0) is 17.2. The van der Waals surface area contributed by atoms with E-state index in [4.69, 9.17) is 4.74 Å². The van der Waals surface area contributed by atoms with Gasteiger partial charge in [0.05, 0.1) is 7.11 Å². The van der Waals surface area contributed by atoms with Crippen LogP contribution in [0.25, 0.3) is 0 Å². The Hall–Kier alpha value is -1.55. The summed E-state index contributed by atoms with van der Waals surface area (Å²) in [6.45, 7) is 2.94. The summed E-state index contributed by atoms with van der Waals surface area (Å²) in [7, 11) is 1.70. The SMILES string of the molecule is COc1ccc([C@H]2CN(C(=O)C3CCCCC3)[C@@H]3CCNC[C@H]23)cc1. The van der Waals surface area contributed by atoms with Gasteiger partial charge in [0.15, 0.2) is 0 Å². The Morgan fingerprint density at radius 2 is 1.88 bits per heavy atom. The van der Waals surface area contributed by atoms with Crippen molar-refractivity contribution in [3.8, 4) is 5.75 Å². The van der Waals surface area contributed by atoms with Crippen LogP contribution >= 0.6 is 0 Å². The van der Waals surface area contributed by atoms with E-state index in [1.165, 1.54) is 24.8 Å². The number of piperidine rings is 1. The van der Waals surface area contributed by atoms with E-state index in [0.717, 1.165) is 44.6 Å². The van der Waals surface area contributed by atoms with Gasteiger partial charge >= 0.3 is 0 Å². The normalized spacial score (nSPS) is 30.1. The van der Waals surface area contributed by atoms with Gasteiger partial charge < -0.3 is 15.0 Å². The molecule has 1 aromatic rings. The first-order valence-electron chi connectivity index (χ1n) is 9.93. The second-order valence-electron chi connectivity index (χ2n) is 7.93. The molecule has 136 valence electrons. The number of methoxy groups -OCH3 is 1. The lowest BCUT2D eigenvalue weighted by Crippen LogP contribution is -2.47. The number of ether oxygens (including phenoxy) is 1. The summed E-state index contributed by atoms with van der Waals surface area (Å²) < 4.78 is 5.30. The maximum Gasteiger partial charge on any atom is 0.225 e. The molecule has 0 unspecified atom stereocenters. The molecule has 2 aliphatic heterocycles. The molecule has 1 aromatic carbocycles. The van der Waals surface area contributed by atoms with Crippen LogP contribution in [0, 0.1) is 11.8 Å². The number of carbonyl (C=O) groups excluding carboxylic acids is 1. The van der Waals surface area contributed by atoms with Crippen molar-refractivity contribution in [2.75, 3.05) is 26.7 Å². The van der Waals surface area contributed by atoms with Gasteiger partial charge in [-0.25, -0.2) is 0 Å². The van der Waals surface area contributed by atoms with Gasteiger partial charge in [0.2, 0.25) is 5.91 Å². The summed E-state index contributed by atoms with van der Waals surface area (Å²) in [6.07, 6.45) is 7.03. The van der Waals surface area contributed by atoms with Crippen LogP contribution < -0.4 is 10.1 Å². The average molecular weight is 342 g/mol. The highest BCUT2D eigenvalue weighted by Crippen LogP contribution is 2.41. The van der Waals surface area contributed by atoms with Gasteiger partial charge in [-0.3, -0.25) is 4.79 Å². The molecule has 0 radical (unpaired) electrons. The van der Waals surface area contributed by atoms with Gasteiger partial charge in [-0.2, -0.15) is 0 Å². The molecule has 1 amide bonds. The van der Waals surface area contributed by atoms with Crippen molar-refractivity contribution in [3.63, 3.8) is 0 Å². The molecule has 4 heteroatoms. The molecule has 0 spiro atoms. The predicted molar refractivity (Wildman–Crippen MR) is 98.8 cm³/mol. The minimum Gasteiger partial charge on any atom is -0.497 e. The minimum absolute atomic E-state index is 0.277. The number of rotatable bonds is 3. The highest BCUT2D eigenvalue weighted by Gasteiger charge is 2.46.